The average Bonchev–Trinajstić information content (AvgIpc) is 2.17. The van der Waals surface area contributed by atoms with Crippen molar-refractivity contribution in [2.45, 2.75) is 39.5 Å². The van der Waals surface area contributed by atoms with Crippen LogP contribution in [0.5, 0.6) is 0 Å². The van der Waals surface area contributed by atoms with Crippen molar-refractivity contribution < 1.29 is 14.3 Å². The van der Waals surface area contributed by atoms with E-state index in [1.54, 1.807) is 6.92 Å². The minimum absolute atomic E-state index is 0.228. The van der Waals surface area contributed by atoms with E-state index in [1.807, 2.05) is 0 Å². The second kappa shape index (κ2) is 9.30. The number of hydrogen-bond donors (Lipinski definition) is 1. The lowest BCUT2D eigenvalue weighted by molar-refractivity contribution is 0.152. The summed E-state index contributed by atoms with van der Waals surface area (Å²) in [6.45, 7) is 4.57. The molecule has 0 bridgehead atoms. The number of rotatable bonds is 6. The van der Waals surface area contributed by atoms with E-state index in [2.05, 4.69) is 22.3 Å². The van der Waals surface area contributed by atoms with Crippen molar-refractivity contribution in [1.29, 1.82) is 0 Å². The van der Waals surface area contributed by atoms with Crippen molar-refractivity contribution in [2.24, 2.45) is 0 Å². The molecule has 5 heteroatoms. The predicted molar refractivity (Wildman–Crippen MR) is 56.7 cm³/mol. The molecule has 1 radical (unpaired) electrons. The summed E-state index contributed by atoms with van der Waals surface area (Å²) in [5.41, 5.74) is 0. The van der Waals surface area contributed by atoms with Gasteiger partial charge in [0.15, 0.2) is 0 Å². The van der Waals surface area contributed by atoms with Gasteiger partial charge in [-0.3, -0.25) is 0 Å². The highest BCUT2D eigenvalue weighted by Gasteiger charge is 2.09. The van der Waals surface area contributed by atoms with Crippen LogP contribution in [0.2, 0.25) is 0 Å². The number of urea groups is 1. The van der Waals surface area contributed by atoms with E-state index in [0.717, 1.165) is 25.7 Å². The molecule has 0 aromatic heterocycles. The second-order valence-electron chi connectivity index (χ2n) is 3.10. The average molecular weight is 215 g/mol. The van der Waals surface area contributed by atoms with Gasteiger partial charge in [-0.15, -0.1) is 5.32 Å². The first kappa shape index (κ1) is 13.7. The van der Waals surface area contributed by atoms with E-state index in [-0.39, 0.29) is 6.61 Å². The van der Waals surface area contributed by atoms with E-state index in [4.69, 9.17) is 0 Å². The number of unbranched alkanes of at least 4 members (excludes halogenated alkanes) is 3. The van der Waals surface area contributed by atoms with Gasteiger partial charge in [-0.2, -0.15) is 0 Å². The zero-order valence-corrected chi connectivity index (χ0v) is 9.41. The fourth-order valence-corrected chi connectivity index (χ4v) is 1.03. The smallest absolute Gasteiger partial charge is 0.438 e. The lowest BCUT2D eigenvalue weighted by Gasteiger charge is -2.03. The molecule has 0 unspecified atom stereocenters. The van der Waals surface area contributed by atoms with Gasteiger partial charge in [0.2, 0.25) is 0 Å². The van der Waals surface area contributed by atoms with Crippen LogP contribution in [0.3, 0.4) is 0 Å². The third kappa shape index (κ3) is 9.05. The van der Waals surface area contributed by atoms with Crippen LogP contribution >= 0.6 is 0 Å². The fraction of sp³-hybridized carbons (Fsp3) is 0.800. The van der Waals surface area contributed by atoms with Crippen molar-refractivity contribution in [3.8, 4) is 0 Å². The van der Waals surface area contributed by atoms with Crippen LogP contribution in [-0.2, 0) is 4.74 Å². The fourth-order valence-electron chi connectivity index (χ4n) is 1.03. The van der Waals surface area contributed by atoms with Crippen LogP contribution in [0, 0.1) is 0 Å². The summed E-state index contributed by atoms with van der Waals surface area (Å²) in [7, 11) is 0. The number of carbonyl (C=O) groups is 2. The SMILES string of the molecule is CCCCCCNC(=O)[N]C(=O)OCC. The quantitative estimate of drug-likeness (QED) is 0.689. The van der Waals surface area contributed by atoms with Crippen LogP contribution in [0.25, 0.3) is 0 Å². The predicted octanol–water partition coefficient (Wildman–Crippen LogP) is 2.04. The Balaban J connectivity index is 3.37. The number of carbonyl (C=O) groups excluding carboxylic acids is 2. The van der Waals surface area contributed by atoms with E-state index in [9.17, 15) is 9.59 Å². The normalized spacial score (nSPS) is 9.47. The first-order valence-corrected chi connectivity index (χ1v) is 5.37. The summed E-state index contributed by atoms with van der Waals surface area (Å²) in [5, 5.41) is 5.70. The highest BCUT2D eigenvalue weighted by Crippen LogP contribution is 1.96. The minimum Gasteiger partial charge on any atom is -0.448 e. The van der Waals surface area contributed by atoms with Gasteiger partial charge >= 0.3 is 12.1 Å². The Kier molecular flexibility index (Phi) is 8.52. The van der Waals surface area contributed by atoms with Crippen LogP contribution in [0.4, 0.5) is 9.59 Å². The van der Waals surface area contributed by atoms with E-state index in [1.165, 1.54) is 0 Å². The van der Waals surface area contributed by atoms with Gasteiger partial charge in [-0.05, 0) is 13.3 Å². The Labute approximate surface area is 90.6 Å². The lowest BCUT2D eigenvalue weighted by atomic mass is 10.2. The maximum absolute atomic E-state index is 11.0. The molecule has 0 aliphatic carbocycles. The second-order valence-corrected chi connectivity index (χ2v) is 3.10. The number of imide groups is 1. The van der Waals surface area contributed by atoms with Crippen LogP contribution < -0.4 is 10.6 Å². The molecule has 0 aromatic carbocycles. The number of nitrogens with zero attached hydrogens (tertiary/aromatic N) is 1. The maximum atomic E-state index is 11.0. The third-order valence-corrected chi connectivity index (χ3v) is 1.77. The molecular formula is C10H19N2O3. The lowest BCUT2D eigenvalue weighted by Crippen LogP contribution is -2.34. The molecule has 0 aliphatic rings. The van der Waals surface area contributed by atoms with Crippen LogP contribution in [0.1, 0.15) is 39.5 Å². The Morgan fingerprint density at radius 2 is 1.93 bits per heavy atom. The highest BCUT2D eigenvalue weighted by atomic mass is 16.5. The Morgan fingerprint density at radius 3 is 2.53 bits per heavy atom. The summed E-state index contributed by atoms with van der Waals surface area (Å²) >= 11 is 0. The standard InChI is InChI=1S/C10H19N2O3/c1-3-5-6-7-8-11-9(13)12-10(14)15-4-2/h3-8H2,1-2H3,(H,11,13). The zero-order valence-electron chi connectivity index (χ0n) is 9.41. The molecule has 0 saturated heterocycles. The van der Waals surface area contributed by atoms with Crippen LogP contribution in [-0.4, -0.2) is 25.3 Å². The summed E-state index contributed by atoms with van der Waals surface area (Å²) in [6.07, 6.45) is 3.48. The van der Waals surface area contributed by atoms with Gasteiger partial charge in [0.1, 0.15) is 0 Å². The van der Waals surface area contributed by atoms with E-state index < -0.39 is 12.1 Å². The Hall–Kier alpha value is -1.26. The molecule has 5 nitrogen and oxygen atoms in total. The minimum atomic E-state index is -0.830. The maximum Gasteiger partial charge on any atom is 0.438 e. The van der Waals surface area contributed by atoms with Crippen LogP contribution in [0.15, 0.2) is 0 Å². The van der Waals surface area contributed by atoms with Crippen molar-refractivity contribution in [2.75, 3.05) is 13.2 Å². The van der Waals surface area contributed by atoms with Gasteiger partial charge in [0.05, 0.1) is 6.61 Å². The van der Waals surface area contributed by atoms with E-state index in [0.29, 0.717) is 6.54 Å². The largest absolute Gasteiger partial charge is 0.448 e. The molecule has 87 valence electrons. The van der Waals surface area contributed by atoms with Crippen molar-refractivity contribution in [3.63, 3.8) is 0 Å². The van der Waals surface area contributed by atoms with Crippen molar-refractivity contribution in [1.82, 2.24) is 10.6 Å². The molecule has 0 aliphatic heterocycles. The summed E-state index contributed by atoms with van der Waals surface area (Å²) in [4.78, 5) is 21.7. The van der Waals surface area contributed by atoms with Gasteiger partial charge in [-0.25, -0.2) is 9.59 Å². The summed E-state index contributed by atoms with van der Waals surface area (Å²) < 4.78 is 4.49. The molecule has 3 amide bonds. The summed E-state index contributed by atoms with van der Waals surface area (Å²) in [6, 6.07) is -0.620. The Morgan fingerprint density at radius 1 is 1.20 bits per heavy atom. The molecule has 0 fully saturated rings. The van der Waals surface area contributed by atoms with E-state index >= 15 is 0 Å². The molecule has 0 heterocycles. The molecule has 0 atom stereocenters. The number of ether oxygens (including phenoxy) is 1. The Bertz CT molecular complexity index is 195. The first-order valence-electron chi connectivity index (χ1n) is 5.37. The molecule has 0 rings (SSSR count). The van der Waals surface area contributed by atoms with Gasteiger partial charge in [0.25, 0.3) is 0 Å². The van der Waals surface area contributed by atoms with Gasteiger partial charge < -0.3 is 10.1 Å². The zero-order chi connectivity index (χ0) is 11.5. The number of hydrogen-bond acceptors (Lipinski definition) is 3. The molecular weight excluding hydrogens is 196 g/mol. The topological polar surface area (TPSA) is 69.5 Å². The first-order chi connectivity index (χ1) is 7.20. The molecule has 1 N–H and O–H groups in total. The molecule has 0 saturated carbocycles. The number of amides is 3. The molecule has 0 aromatic rings. The van der Waals surface area contributed by atoms with Crippen molar-refractivity contribution in [3.05, 3.63) is 0 Å². The number of nitrogens with one attached hydrogen (secondary N) is 1. The monoisotopic (exact) mass is 215 g/mol. The third-order valence-electron chi connectivity index (χ3n) is 1.77. The van der Waals surface area contributed by atoms with Crippen molar-refractivity contribution >= 4 is 12.1 Å². The molecule has 0 spiro atoms. The van der Waals surface area contributed by atoms with Gasteiger partial charge in [0, 0.05) is 6.54 Å². The highest BCUT2D eigenvalue weighted by molar-refractivity contribution is 5.90. The summed E-state index contributed by atoms with van der Waals surface area (Å²) in [5.74, 6) is 0. The van der Waals surface area contributed by atoms with Gasteiger partial charge in [-0.1, -0.05) is 26.2 Å². The molecule has 15 heavy (non-hydrogen) atoms.